The molecular formula is C15H21BrN2O2. The van der Waals surface area contributed by atoms with Crippen molar-refractivity contribution in [3.05, 3.63) is 34.3 Å². The summed E-state index contributed by atoms with van der Waals surface area (Å²) in [6.45, 7) is 4.05. The standard InChI is InChI=1S/C15H21BrN2O2/c1-10(2)8-13(15(20)17-3)18-14(19)9-11-6-4-5-7-12(11)16/h4-7,10,13H,8-9H2,1-3H3,(H,17,20)(H,18,19). The van der Waals surface area contributed by atoms with Gasteiger partial charge in [-0.15, -0.1) is 0 Å². The summed E-state index contributed by atoms with van der Waals surface area (Å²) in [5, 5.41) is 5.39. The molecule has 110 valence electrons. The number of amides is 2. The van der Waals surface area contributed by atoms with Crippen LogP contribution in [-0.4, -0.2) is 24.9 Å². The third kappa shape index (κ3) is 5.33. The second kappa shape index (κ2) is 8.04. The maximum Gasteiger partial charge on any atom is 0.242 e. The summed E-state index contributed by atoms with van der Waals surface area (Å²) in [7, 11) is 1.58. The van der Waals surface area contributed by atoms with Crippen molar-refractivity contribution < 1.29 is 9.59 Å². The molecule has 2 N–H and O–H groups in total. The van der Waals surface area contributed by atoms with Crippen molar-refractivity contribution in [1.82, 2.24) is 10.6 Å². The first kappa shape index (κ1) is 16.7. The highest BCUT2D eigenvalue weighted by Gasteiger charge is 2.21. The van der Waals surface area contributed by atoms with Crippen LogP contribution >= 0.6 is 15.9 Å². The maximum atomic E-state index is 12.1. The van der Waals surface area contributed by atoms with Gasteiger partial charge in [0.05, 0.1) is 6.42 Å². The number of benzene rings is 1. The van der Waals surface area contributed by atoms with E-state index in [4.69, 9.17) is 0 Å². The highest BCUT2D eigenvalue weighted by atomic mass is 79.9. The molecule has 0 aliphatic rings. The van der Waals surface area contributed by atoms with E-state index in [0.29, 0.717) is 12.3 Å². The summed E-state index contributed by atoms with van der Waals surface area (Å²) < 4.78 is 0.899. The Kier molecular flexibility index (Phi) is 6.71. The van der Waals surface area contributed by atoms with Crippen LogP contribution in [-0.2, 0) is 16.0 Å². The molecule has 1 atom stereocenters. The molecule has 1 rings (SSSR count). The fraction of sp³-hybridized carbons (Fsp3) is 0.467. The molecule has 0 heterocycles. The fourth-order valence-corrected chi connectivity index (χ4v) is 2.36. The first-order valence-corrected chi connectivity index (χ1v) is 7.47. The van der Waals surface area contributed by atoms with Crippen LogP contribution in [0.1, 0.15) is 25.8 Å². The van der Waals surface area contributed by atoms with Crippen LogP contribution < -0.4 is 10.6 Å². The summed E-state index contributed by atoms with van der Waals surface area (Å²) in [6, 6.07) is 7.10. The van der Waals surface area contributed by atoms with E-state index in [1.165, 1.54) is 0 Å². The van der Waals surface area contributed by atoms with Gasteiger partial charge in [0.25, 0.3) is 0 Å². The minimum absolute atomic E-state index is 0.147. The van der Waals surface area contributed by atoms with Gasteiger partial charge in [-0.05, 0) is 24.0 Å². The summed E-state index contributed by atoms with van der Waals surface area (Å²) >= 11 is 3.41. The van der Waals surface area contributed by atoms with E-state index < -0.39 is 6.04 Å². The van der Waals surface area contributed by atoms with Crippen LogP contribution in [0.2, 0.25) is 0 Å². The Morgan fingerprint density at radius 3 is 2.45 bits per heavy atom. The molecule has 4 nitrogen and oxygen atoms in total. The molecule has 0 saturated heterocycles. The van der Waals surface area contributed by atoms with Gasteiger partial charge in [-0.3, -0.25) is 9.59 Å². The van der Waals surface area contributed by atoms with E-state index in [1.54, 1.807) is 7.05 Å². The average molecular weight is 341 g/mol. The van der Waals surface area contributed by atoms with Gasteiger partial charge in [0.2, 0.25) is 11.8 Å². The van der Waals surface area contributed by atoms with E-state index in [9.17, 15) is 9.59 Å². The summed E-state index contributed by atoms with van der Waals surface area (Å²) in [6.07, 6.45) is 0.883. The lowest BCUT2D eigenvalue weighted by atomic mass is 10.0. The molecule has 0 aliphatic carbocycles. The zero-order chi connectivity index (χ0) is 15.1. The second-order valence-corrected chi connectivity index (χ2v) is 5.99. The highest BCUT2D eigenvalue weighted by Crippen LogP contribution is 2.16. The zero-order valence-electron chi connectivity index (χ0n) is 12.1. The van der Waals surface area contributed by atoms with Crippen LogP contribution in [0.25, 0.3) is 0 Å². The molecule has 1 aromatic carbocycles. The minimum atomic E-state index is -0.477. The van der Waals surface area contributed by atoms with Crippen LogP contribution in [0.5, 0.6) is 0 Å². The zero-order valence-corrected chi connectivity index (χ0v) is 13.7. The highest BCUT2D eigenvalue weighted by molar-refractivity contribution is 9.10. The summed E-state index contributed by atoms with van der Waals surface area (Å²) in [5.41, 5.74) is 0.908. The molecule has 0 aromatic heterocycles. The number of hydrogen-bond donors (Lipinski definition) is 2. The van der Waals surface area contributed by atoms with Crippen molar-refractivity contribution in [3.8, 4) is 0 Å². The van der Waals surface area contributed by atoms with Gasteiger partial charge in [-0.25, -0.2) is 0 Å². The van der Waals surface area contributed by atoms with Gasteiger partial charge in [-0.2, -0.15) is 0 Å². The van der Waals surface area contributed by atoms with Crippen LogP contribution in [0.4, 0.5) is 0 Å². The lowest BCUT2D eigenvalue weighted by Crippen LogP contribution is -2.46. The van der Waals surface area contributed by atoms with Crippen LogP contribution in [0, 0.1) is 5.92 Å². The van der Waals surface area contributed by atoms with E-state index in [1.807, 2.05) is 38.1 Å². The number of hydrogen-bond acceptors (Lipinski definition) is 2. The lowest BCUT2D eigenvalue weighted by Gasteiger charge is -2.19. The molecule has 1 aromatic rings. The van der Waals surface area contributed by atoms with Gasteiger partial charge in [-0.1, -0.05) is 48.0 Å². The van der Waals surface area contributed by atoms with E-state index in [2.05, 4.69) is 26.6 Å². The van der Waals surface area contributed by atoms with Gasteiger partial charge in [0.1, 0.15) is 6.04 Å². The Labute approximate surface area is 128 Å². The molecule has 0 fully saturated rings. The molecule has 0 spiro atoms. The molecule has 0 bridgehead atoms. The Morgan fingerprint density at radius 2 is 1.90 bits per heavy atom. The fourth-order valence-electron chi connectivity index (χ4n) is 1.94. The molecule has 1 unspecified atom stereocenters. The molecule has 0 saturated carbocycles. The molecule has 5 heteroatoms. The quantitative estimate of drug-likeness (QED) is 0.834. The van der Waals surface area contributed by atoms with Crippen molar-refractivity contribution in [2.24, 2.45) is 5.92 Å². The van der Waals surface area contributed by atoms with Gasteiger partial charge < -0.3 is 10.6 Å². The maximum absolute atomic E-state index is 12.1. The van der Waals surface area contributed by atoms with Crippen molar-refractivity contribution in [2.75, 3.05) is 7.05 Å². The number of rotatable bonds is 6. The van der Waals surface area contributed by atoms with Crippen molar-refractivity contribution in [3.63, 3.8) is 0 Å². The largest absolute Gasteiger partial charge is 0.357 e. The molecule has 0 aliphatic heterocycles. The molecule has 2 amide bonds. The average Bonchev–Trinajstić information content (AvgIpc) is 2.39. The van der Waals surface area contributed by atoms with Gasteiger partial charge >= 0.3 is 0 Å². The Morgan fingerprint density at radius 1 is 1.25 bits per heavy atom. The van der Waals surface area contributed by atoms with Crippen molar-refractivity contribution >= 4 is 27.7 Å². The summed E-state index contributed by atoms with van der Waals surface area (Å²) in [4.78, 5) is 23.8. The number of carbonyl (C=O) groups excluding carboxylic acids is 2. The van der Waals surface area contributed by atoms with E-state index >= 15 is 0 Å². The lowest BCUT2D eigenvalue weighted by molar-refractivity contribution is -0.128. The van der Waals surface area contributed by atoms with E-state index in [-0.39, 0.29) is 18.2 Å². The first-order valence-electron chi connectivity index (χ1n) is 6.68. The number of nitrogens with one attached hydrogen (secondary N) is 2. The normalized spacial score (nSPS) is 12.1. The predicted octanol–water partition coefficient (Wildman–Crippen LogP) is 2.27. The van der Waals surface area contributed by atoms with E-state index in [0.717, 1.165) is 10.0 Å². The van der Waals surface area contributed by atoms with Gasteiger partial charge in [0.15, 0.2) is 0 Å². The van der Waals surface area contributed by atoms with Crippen LogP contribution in [0.3, 0.4) is 0 Å². The van der Waals surface area contributed by atoms with Gasteiger partial charge in [0, 0.05) is 11.5 Å². The smallest absolute Gasteiger partial charge is 0.242 e. The minimum Gasteiger partial charge on any atom is -0.357 e. The Bertz CT molecular complexity index is 475. The molecule has 20 heavy (non-hydrogen) atoms. The summed E-state index contributed by atoms with van der Waals surface area (Å²) in [5.74, 6) is 0.0337. The predicted molar refractivity (Wildman–Crippen MR) is 83.3 cm³/mol. The van der Waals surface area contributed by atoms with Crippen molar-refractivity contribution in [2.45, 2.75) is 32.7 Å². The third-order valence-electron chi connectivity index (χ3n) is 2.91. The molecular weight excluding hydrogens is 320 g/mol. The second-order valence-electron chi connectivity index (χ2n) is 5.13. The Balaban J connectivity index is 2.66. The van der Waals surface area contributed by atoms with Crippen LogP contribution in [0.15, 0.2) is 28.7 Å². The Hall–Kier alpha value is -1.36. The topological polar surface area (TPSA) is 58.2 Å². The number of halogens is 1. The number of likely N-dealkylation sites (N-methyl/N-ethyl adjacent to an activating group) is 1. The molecule has 0 radical (unpaired) electrons. The first-order chi connectivity index (χ1) is 9.43. The van der Waals surface area contributed by atoms with Crippen molar-refractivity contribution in [1.29, 1.82) is 0 Å². The monoisotopic (exact) mass is 340 g/mol. The third-order valence-corrected chi connectivity index (χ3v) is 3.69. The SMILES string of the molecule is CNC(=O)C(CC(C)C)NC(=O)Cc1ccccc1Br. The number of carbonyl (C=O) groups is 2.